The fourth-order valence-electron chi connectivity index (χ4n) is 2.10. The molecule has 1 atom stereocenters. The monoisotopic (exact) mass is 402 g/mol. The van der Waals surface area contributed by atoms with Crippen LogP contribution >= 0.6 is 23.4 Å². The van der Waals surface area contributed by atoms with E-state index in [4.69, 9.17) is 21.3 Å². The zero-order valence-corrected chi connectivity index (χ0v) is 15.5. The van der Waals surface area contributed by atoms with E-state index < -0.39 is 5.25 Å². The van der Waals surface area contributed by atoms with Crippen molar-refractivity contribution in [2.75, 3.05) is 5.32 Å². The molecule has 1 aromatic heterocycles. The predicted molar refractivity (Wildman–Crippen MR) is 99.8 cm³/mol. The van der Waals surface area contributed by atoms with Gasteiger partial charge in [0.05, 0.1) is 15.8 Å². The fraction of sp³-hybridized carbons (Fsp3) is 0.111. The van der Waals surface area contributed by atoms with Crippen LogP contribution in [0, 0.1) is 17.1 Å². The van der Waals surface area contributed by atoms with E-state index >= 15 is 0 Å². The molecule has 0 spiro atoms. The van der Waals surface area contributed by atoms with Crippen LogP contribution in [0.2, 0.25) is 5.02 Å². The standard InChI is InChI=1S/C18H12ClFN4O2S/c1-10(16(25)22-14-7-4-12(9-21)15(19)8-14)27-18-24-23-17(26-18)11-2-5-13(20)6-3-11/h2-8,10H,1H3,(H,22,25)/t10-/m0/s1. The number of hydrogen-bond acceptors (Lipinski definition) is 6. The van der Waals surface area contributed by atoms with Crippen molar-refractivity contribution >= 4 is 35.0 Å². The van der Waals surface area contributed by atoms with Crippen molar-refractivity contribution in [3.8, 4) is 17.5 Å². The number of carbonyl (C=O) groups excluding carboxylic acids is 1. The Bertz CT molecular complexity index is 1020. The van der Waals surface area contributed by atoms with Gasteiger partial charge in [0.1, 0.15) is 11.9 Å². The molecule has 3 aromatic rings. The van der Waals surface area contributed by atoms with Crippen molar-refractivity contribution in [2.45, 2.75) is 17.4 Å². The van der Waals surface area contributed by atoms with Gasteiger partial charge in [-0.25, -0.2) is 4.39 Å². The van der Waals surface area contributed by atoms with Crippen LogP contribution in [0.4, 0.5) is 10.1 Å². The summed E-state index contributed by atoms with van der Waals surface area (Å²) in [6, 6.07) is 12.2. The van der Waals surface area contributed by atoms with Crippen molar-refractivity contribution in [3.05, 3.63) is 58.9 Å². The molecule has 1 heterocycles. The second-order valence-corrected chi connectivity index (χ2v) is 7.14. The Kier molecular flexibility index (Phi) is 5.74. The van der Waals surface area contributed by atoms with Crippen LogP contribution in [-0.4, -0.2) is 21.4 Å². The Balaban J connectivity index is 1.64. The van der Waals surface area contributed by atoms with Crippen molar-refractivity contribution < 1.29 is 13.6 Å². The molecule has 2 aromatic carbocycles. The van der Waals surface area contributed by atoms with E-state index in [1.165, 1.54) is 36.4 Å². The first kappa shape index (κ1) is 18.9. The first-order valence-corrected chi connectivity index (χ1v) is 8.98. The lowest BCUT2D eigenvalue weighted by Gasteiger charge is -2.10. The van der Waals surface area contributed by atoms with Crippen molar-refractivity contribution in [1.29, 1.82) is 5.26 Å². The van der Waals surface area contributed by atoms with Crippen LogP contribution in [0.25, 0.3) is 11.5 Å². The number of nitrogens with zero attached hydrogens (tertiary/aromatic N) is 3. The number of thioether (sulfide) groups is 1. The molecule has 1 N–H and O–H groups in total. The minimum Gasteiger partial charge on any atom is -0.411 e. The van der Waals surface area contributed by atoms with Crippen molar-refractivity contribution in [3.63, 3.8) is 0 Å². The van der Waals surface area contributed by atoms with Gasteiger partial charge in [-0.3, -0.25) is 4.79 Å². The Morgan fingerprint density at radius 1 is 1.30 bits per heavy atom. The molecule has 0 bridgehead atoms. The number of aromatic nitrogens is 2. The number of halogens is 2. The third-order valence-corrected chi connectivity index (χ3v) is 4.75. The van der Waals surface area contributed by atoms with E-state index in [9.17, 15) is 9.18 Å². The SMILES string of the molecule is C[C@H](Sc1nnc(-c2ccc(F)cc2)o1)C(=O)Nc1ccc(C#N)c(Cl)c1. The van der Waals surface area contributed by atoms with Gasteiger partial charge in [0.25, 0.3) is 5.22 Å². The summed E-state index contributed by atoms with van der Waals surface area (Å²) >= 11 is 7.05. The minimum atomic E-state index is -0.527. The molecule has 27 heavy (non-hydrogen) atoms. The molecule has 0 aliphatic carbocycles. The number of carbonyl (C=O) groups is 1. The third kappa shape index (κ3) is 4.64. The Morgan fingerprint density at radius 3 is 2.70 bits per heavy atom. The second-order valence-electron chi connectivity index (χ2n) is 5.44. The Labute approximate surface area is 163 Å². The van der Waals surface area contributed by atoms with Gasteiger partial charge < -0.3 is 9.73 Å². The van der Waals surface area contributed by atoms with Gasteiger partial charge in [0.2, 0.25) is 11.8 Å². The highest BCUT2D eigenvalue weighted by Gasteiger charge is 2.19. The largest absolute Gasteiger partial charge is 0.411 e. The molecule has 0 radical (unpaired) electrons. The molecule has 0 fully saturated rings. The lowest BCUT2D eigenvalue weighted by atomic mass is 10.2. The normalized spacial score (nSPS) is 11.6. The van der Waals surface area contributed by atoms with Crippen LogP contribution in [0.5, 0.6) is 0 Å². The molecule has 136 valence electrons. The summed E-state index contributed by atoms with van der Waals surface area (Å²) < 4.78 is 18.5. The van der Waals surface area contributed by atoms with Gasteiger partial charge in [-0.15, -0.1) is 10.2 Å². The number of benzene rings is 2. The maximum atomic E-state index is 13.0. The Morgan fingerprint density at radius 2 is 2.04 bits per heavy atom. The quantitative estimate of drug-likeness (QED) is 0.631. The van der Waals surface area contributed by atoms with Gasteiger partial charge in [-0.05, 0) is 49.4 Å². The molecule has 0 unspecified atom stereocenters. The van der Waals surface area contributed by atoms with Crippen LogP contribution in [-0.2, 0) is 4.79 Å². The highest BCUT2D eigenvalue weighted by molar-refractivity contribution is 8.00. The van der Waals surface area contributed by atoms with E-state index in [1.807, 2.05) is 6.07 Å². The molecule has 0 saturated heterocycles. The first-order chi connectivity index (χ1) is 13.0. The molecular formula is C18H12ClFN4O2S. The maximum absolute atomic E-state index is 13.0. The average molecular weight is 403 g/mol. The molecule has 0 aliphatic rings. The number of nitriles is 1. The number of nitrogens with one attached hydrogen (secondary N) is 1. The summed E-state index contributed by atoms with van der Waals surface area (Å²) in [5.74, 6) is -0.410. The highest BCUT2D eigenvalue weighted by Crippen LogP contribution is 2.27. The fourth-order valence-corrected chi connectivity index (χ4v) is 3.00. The van der Waals surface area contributed by atoms with Crippen LogP contribution in [0.1, 0.15) is 12.5 Å². The molecule has 3 rings (SSSR count). The third-order valence-electron chi connectivity index (χ3n) is 3.50. The zero-order valence-electron chi connectivity index (χ0n) is 13.9. The summed E-state index contributed by atoms with van der Waals surface area (Å²) in [6.07, 6.45) is 0. The first-order valence-electron chi connectivity index (χ1n) is 7.73. The van der Waals surface area contributed by atoms with Crippen LogP contribution < -0.4 is 5.32 Å². The minimum absolute atomic E-state index is 0.217. The van der Waals surface area contributed by atoms with Gasteiger partial charge in [0.15, 0.2) is 0 Å². The van der Waals surface area contributed by atoms with Crippen LogP contribution in [0.3, 0.4) is 0 Å². The van der Waals surface area contributed by atoms with E-state index in [-0.39, 0.29) is 27.9 Å². The summed E-state index contributed by atoms with van der Waals surface area (Å²) in [7, 11) is 0. The molecular weight excluding hydrogens is 391 g/mol. The maximum Gasteiger partial charge on any atom is 0.277 e. The van der Waals surface area contributed by atoms with Gasteiger partial charge in [0, 0.05) is 11.3 Å². The van der Waals surface area contributed by atoms with E-state index in [2.05, 4.69) is 15.5 Å². The number of hydrogen-bond donors (Lipinski definition) is 1. The summed E-state index contributed by atoms with van der Waals surface area (Å²) in [4.78, 5) is 12.3. The highest BCUT2D eigenvalue weighted by atomic mass is 35.5. The summed E-state index contributed by atoms with van der Waals surface area (Å²) in [5.41, 5.74) is 1.39. The van der Waals surface area contributed by atoms with Crippen LogP contribution in [0.15, 0.2) is 52.1 Å². The lowest BCUT2D eigenvalue weighted by molar-refractivity contribution is -0.115. The van der Waals surface area contributed by atoms with Crippen molar-refractivity contribution in [1.82, 2.24) is 10.2 Å². The van der Waals surface area contributed by atoms with E-state index in [0.29, 0.717) is 16.8 Å². The molecule has 9 heteroatoms. The molecule has 0 aliphatic heterocycles. The van der Waals surface area contributed by atoms with Gasteiger partial charge in [-0.2, -0.15) is 5.26 Å². The smallest absolute Gasteiger partial charge is 0.277 e. The molecule has 0 saturated carbocycles. The van der Waals surface area contributed by atoms with Gasteiger partial charge >= 0.3 is 0 Å². The lowest BCUT2D eigenvalue weighted by Crippen LogP contribution is -2.22. The van der Waals surface area contributed by atoms with Gasteiger partial charge in [-0.1, -0.05) is 23.4 Å². The molecule has 1 amide bonds. The summed E-state index contributed by atoms with van der Waals surface area (Å²) in [6.45, 7) is 1.69. The number of anilines is 1. The predicted octanol–water partition coefficient (Wildman–Crippen LogP) is 4.52. The Hall–Kier alpha value is -2.89. The number of rotatable bonds is 5. The average Bonchev–Trinajstić information content (AvgIpc) is 3.11. The van der Waals surface area contributed by atoms with E-state index in [0.717, 1.165) is 11.8 Å². The summed E-state index contributed by atoms with van der Waals surface area (Å²) in [5, 5.41) is 19.3. The second kappa shape index (κ2) is 8.20. The zero-order chi connectivity index (χ0) is 19.4. The molecule has 6 nitrogen and oxygen atoms in total. The van der Waals surface area contributed by atoms with E-state index in [1.54, 1.807) is 13.0 Å². The number of amides is 1. The topological polar surface area (TPSA) is 91.8 Å². The van der Waals surface area contributed by atoms with Crippen molar-refractivity contribution in [2.24, 2.45) is 0 Å².